The van der Waals surface area contributed by atoms with Crippen LogP contribution in [-0.2, 0) is 16.0 Å². The Bertz CT molecular complexity index is 922. The average Bonchev–Trinajstić information content (AvgIpc) is 3.32. The number of thiophene rings is 1. The van der Waals surface area contributed by atoms with E-state index in [2.05, 4.69) is 5.16 Å². The molecule has 0 atom stereocenters. The number of rotatable bonds is 7. The Morgan fingerprint density at radius 3 is 2.73 bits per heavy atom. The van der Waals surface area contributed by atoms with Gasteiger partial charge in [0.05, 0.1) is 6.42 Å². The van der Waals surface area contributed by atoms with Crippen LogP contribution >= 0.6 is 11.3 Å². The molecule has 0 spiro atoms. The molecule has 3 aromatic heterocycles. The monoisotopic (exact) mass is 372 g/mol. The third-order valence-corrected chi connectivity index (χ3v) is 5.03. The van der Waals surface area contributed by atoms with E-state index in [1.54, 1.807) is 23.5 Å². The lowest BCUT2D eigenvalue weighted by molar-refractivity contribution is -0.142. The van der Waals surface area contributed by atoms with Crippen LogP contribution in [0.2, 0.25) is 0 Å². The van der Waals surface area contributed by atoms with Gasteiger partial charge < -0.3 is 9.26 Å². The number of nitrogens with zero attached hydrogens (tertiary/aromatic N) is 2. The van der Waals surface area contributed by atoms with E-state index in [-0.39, 0.29) is 24.8 Å². The molecule has 26 heavy (non-hydrogen) atoms. The summed E-state index contributed by atoms with van der Waals surface area (Å²) >= 11 is 1.60. The molecule has 0 unspecified atom stereocenters. The molecule has 0 saturated heterocycles. The van der Waals surface area contributed by atoms with Gasteiger partial charge >= 0.3 is 5.97 Å². The smallest absolute Gasteiger partial charge is 0.306 e. The summed E-state index contributed by atoms with van der Waals surface area (Å²) < 4.78 is 12.1. The maximum Gasteiger partial charge on any atom is 0.306 e. The minimum Gasteiger partial charge on any atom is -0.457 e. The maximum absolute atomic E-state index is 12.5. The summed E-state index contributed by atoms with van der Waals surface area (Å²) in [6, 6.07) is 7.50. The number of aromatic nitrogens is 2. The van der Waals surface area contributed by atoms with Crippen molar-refractivity contribution in [3.05, 3.63) is 57.2 Å². The van der Waals surface area contributed by atoms with Gasteiger partial charge in [-0.15, -0.1) is 11.3 Å². The highest BCUT2D eigenvalue weighted by atomic mass is 32.1. The fourth-order valence-electron chi connectivity index (χ4n) is 2.83. The van der Waals surface area contributed by atoms with Crippen LogP contribution in [0.3, 0.4) is 0 Å². The summed E-state index contributed by atoms with van der Waals surface area (Å²) in [4.78, 5) is 25.5. The van der Waals surface area contributed by atoms with E-state index in [1.165, 1.54) is 0 Å². The minimum atomic E-state index is -0.368. The molecular weight excluding hydrogens is 352 g/mol. The van der Waals surface area contributed by atoms with Gasteiger partial charge in [-0.1, -0.05) is 11.2 Å². The lowest BCUT2D eigenvalue weighted by Crippen LogP contribution is -2.15. The zero-order valence-corrected chi connectivity index (χ0v) is 15.8. The number of hydrogen-bond donors (Lipinski definition) is 0. The normalized spacial score (nSPS) is 10.9. The van der Waals surface area contributed by atoms with Crippen molar-refractivity contribution in [1.82, 2.24) is 9.72 Å². The van der Waals surface area contributed by atoms with Crippen LogP contribution in [-0.4, -0.2) is 28.1 Å². The summed E-state index contributed by atoms with van der Waals surface area (Å²) in [6.45, 7) is 5.28. The second-order valence-electron chi connectivity index (χ2n) is 6.08. The molecule has 0 fully saturated rings. The van der Waals surface area contributed by atoms with Crippen LogP contribution in [0.25, 0.3) is 5.82 Å². The zero-order valence-electron chi connectivity index (χ0n) is 14.9. The van der Waals surface area contributed by atoms with E-state index in [4.69, 9.17) is 9.26 Å². The van der Waals surface area contributed by atoms with Crippen LogP contribution in [0.4, 0.5) is 0 Å². The number of ether oxygens (including phenoxy) is 1. The summed E-state index contributed by atoms with van der Waals surface area (Å²) in [6.07, 6.45) is 0.899. The Morgan fingerprint density at radius 1 is 1.27 bits per heavy atom. The molecule has 136 valence electrons. The van der Waals surface area contributed by atoms with Crippen molar-refractivity contribution in [2.24, 2.45) is 0 Å². The second kappa shape index (κ2) is 7.70. The molecule has 3 rings (SSSR count). The molecule has 3 aromatic rings. The van der Waals surface area contributed by atoms with Gasteiger partial charge in [-0.2, -0.15) is 0 Å². The van der Waals surface area contributed by atoms with Crippen molar-refractivity contribution in [3.63, 3.8) is 0 Å². The second-order valence-corrected chi connectivity index (χ2v) is 7.11. The predicted octanol–water partition coefficient (Wildman–Crippen LogP) is 3.81. The molecule has 0 aromatic carbocycles. The number of hydrogen-bond acceptors (Lipinski definition) is 6. The lowest BCUT2D eigenvalue weighted by Gasteiger charge is -2.06. The van der Waals surface area contributed by atoms with Gasteiger partial charge in [0.25, 0.3) is 0 Å². The number of ketones is 1. The van der Waals surface area contributed by atoms with Crippen molar-refractivity contribution in [2.45, 2.75) is 33.6 Å². The standard InChI is InChI=1S/C19H20N2O4S/c1-12-9-16(14(3)21(12)18-10-13(2)25-20-18)17(22)11-24-19(23)7-6-15-5-4-8-26-15/h4-5,8-10H,6-7,11H2,1-3H3. The Balaban J connectivity index is 1.62. The first-order valence-corrected chi connectivity index (χ1v) is 9.17. The molecule has 6 nitrogen and oxygen atoms in total. The topological polar surface area (TPSA) is 74.3 Å². The Morgan fingerprint density at radius 2 is 2.08 bits per heavy atom. The summed E-state index contributed by atoms with van der Waals surface area (Å²) in [5.41, 5.74) is 2.13. The highest BCUT2D eigenvalue weighted by molar-refractivity contribution is 7.09. The van der Waals surface area contributed by atoms with E-state index in [1.807, 2.05) is 42.9 Å². The SMILES string of the molecule is Cc1cc(-n2c(C)cc(C(=O)COC(=O)CCc3cccs3)c2C)no1. The Labute approximate surface area is 155 Å². The third-order valence-electron chi connectivity index (χ3n) is 4.10. The fraction of sp³-hybridized carbons (Fsp3) is 0.316. The Kier molecular flexibility index (Phi) is 5.37. The Hall–Kier alpha value is -2.67. The van der Waals surface area contributed by atoms with Crippen molar-refractivity contribution in [2.75, 3.05) is 6.61 Å². The summed E-state index contributed by atoms with van der Waals surface area (Å²) in [5, 5.41) is 5.96. The molecular formula is C19H20N2O4S. The van der Waals surface area contributed by atoms with Crippen molar-refractivity contribution in [1.29, 1.82) is 0 Å². The van der Waals surface area contributed by atoms with Gasteiger partial charge in [0.1, 0.15) is 5.76 Å². The molecule has 3 heterocycles. The van der Waals surface area contributed by atoms with Gasteiger partial charge in [-0.25, -0.2) is 0 Å². The van der Waals surface area contributed by atoms with Crippen molar-refractivity contribution >= 4 is 23.1 Å². The minimum absolute atomic E-state index is 0.228. The van der Waals surface area contributed by atoms with Gasteiger partial charge in [0.2, 0.25) is 5.78 Å². The van der Waals surface area contributed by atoms with Crippen molar-refractivity contribution in [3.8, 4) is 5.82 Å². The van der Waals surface area contributed by atoms with Crippen LogP contribution in [0.1, 0.15) is 38.8 Å². The summed E-state index contributed by atoms with van der Waals surface area (Å²) in [5.74, 6) is 0.728. The highest BCUT2D eigenvalue weighted by Crippen LogP contribution is 2.21. The molecule has 0 amide bonds. The molecule has 0 aliphatic carbocycles. The predicted molar refractivity (Wildman–Crippen MR) is 98.0 cm³/mol. The van der Waals surface area contributed by atoms with Gasteiger partial charge in [0.15, 0.2) is 12.4 Å². The average molecular weight is 372 g/mol. The highest BCUT2D eigenvalue weighted by Gasteiger charge is 2.19. The van der Waals surface area contributed by atoms with Gasteiger partial charge in [0, 0.05) is 27.9 Å². The first-order chi connectivity index (χ1) is 12.5. The van der Waals surface area contributed by atoms with E-state index in [0.717, 1.165) is 16.3 Å². The summed E-state index contributed by atoms with van der Waals surface area (Å²) in [7, 11) is 0. The quantitative estimate of drug-likeness (QED) is 0.466. The van der Waals surface area contributed by atoms with Crippen molar-refractivity contribution < 1.29 is 18.8 Å². The van der Waals surface area contributed by atoms with E-state index < -0.39 is 0 Å². The van der Waals surface area contributed by atoms with E-state index in [0.29, 0.717) is 23.6 Å². The number of esters is 1. The molecule has 7 heteroatoms. The number of carbonyl (C=O) groups is 2. The fourth-order valence-corrected chi connectivity index (χ4v) is 3.54. The number of aryl methyl sites for hydroxylation is 3. The first kappa shape index (κ1) is 18.1. The molecule has 0 saturated carbocycles. The van der Waals surface area contributed by atoms with Crippen LogP contribution in [0.15, 0.2) is 34.2 Å². The molecule has 0 radical (unpaired) electrons. The lowest BCUT2D eigenvalue weighted by atomic mass is 10.1. The third kappa shape index (κ3) is 3.94. The largest absolute Gasteiger partial charge is 0.457 e. The number of Topliss-reactive ketones (excluding diaryl/α,β-unsaturated/α-hetero) is 1. The zero-order chi connectivity index (χ0) is 18.7. The molecule has 0 N–H and O–H groups in total. The van der Waals surface area contributed by atoms with Crippen LogP contribution in [0.5, 0.6) is 0 Å². The molecule has 0 aliphatic rings. The maximum atomic E-state index is 12.5. The van der Waals surface area contributed by atoms with Crippen LogP contribution in [0, 0.1) is 20.8 Å². The van der Waals surface area contributed by atoms with Crippen LogP contribution < -0.4 is 0 Å². The molecule has 0 bridgehead atoms. The van der Waals surface area contributed by atoms with Gasteiger partial charge in [-0.3, -0.25) is 14.2 Å². The molecule has 0 aliphatic heterocycles. The number of carbonyl (C=O) groups excluding carboxylic acids is 2. The van der Waals surface area contributed by atoms with Gasteiger partial charge in [-0.05, 0) is 44.7 Å². The van der Waals surface area contributed by atoms with E-state index in [9.17, 15) is 9.59 Å². The first-order valence-electron chi connectivity index (χ1n) is 8.29. The van der Waals surface area contributed by atoms with E-state index >= 15 is 0 Å².